The molecule has 1 fully saturated rings. The lowest BCUT2D eigenvalue weighted by molar-refractivity contribution is -0.139. The van der Waals surface area contributed by atoms with Gasteiger partial charge in [-0.05, 0) is 37.0 Å². The monoisotopic (exact) mass is 293 g/mol. The zero-order valence-electron chi connectivity index (χ0n) is 12.6. The second-order valence-corrected chi connectivity index (χ2v) is 5.39. The molecule has 2 unspecified atom stereocenters. The van der Waals surface area contributed by atoms with Gasteiger partial charge in [0, 0.05) is 18.7 Å². The van der Waals surface area contributed by atoms with Crippen LogP contribution in [0.2, 0.25) is 0 Å². The summed E-state index contributed by atoms with van der Waals surface area (Å²) in [5.74, 6) is 0.772. The number of hydrogen-bond donors (Lipinski definition) is 1. The van der Waals surface area contributed by atoms with Gasteiger partial charge >= 0.3 is 0 Å². The summed E-state index contributed by atoms with van der Waals surface area (Å²) in [5.41, 5.74) is 0. The third-order valence-corrected chi connectivity index (χ3v) is 3.91. The number of rotatable bonds is 5. The zero-order valence-corrected chi connectivity index (χ0v) is 12.6. The van der Waals surface area contributed by atoms with E-state index in [0.29, 0.717) is 5.82 Å². The molecule has 1 aromatic rings. The summed E-state index contributed by atoms with van der Waals surface area (Å²) < 4.78 is 0. The molecule has 116 valence electrons. The molecule has 1 aliphatic rings. The number of aromatic nitrogens is 4. The van der Waals surface area contributed by atoms with Gasteiger partial charge in [-0.15, -0.1) is 15.0 Å². The Hall–Kier alpha value is -1.76. The average molecular weight is 293 g/mol. The van der Waals surface area contributed by atoms with E-state index in [-0.39, 0.29) is 24.5 Å². The molecule has 1 aromatic heterocycles. The molecule has 1 amide bonds. The Labute approximate surface area is 124 Å². The summed E-state index contributed by atoms with van der Waals surface area (Å²) in [6, 6.07) is -0.0865. The van der Waals surface area contributed by atoms with E-state index in [1.165, 1.54) is 10.9 Å². The second kappa shape index (κ2) is 7.31. The van der Waals surface area contributed by atoms with Crippen LogP contribution in [0.4, 0.5) is 0 Å². The highest BCUT2D eigenvalue weighted by atomic mass is 16.2. The number of aliphatic hydroxyl groups is 1. The molecular weight excluding hydrogens is 270 g/mol. The van der Waals surface area contributed by atoms with Gasteiger partial charge < -0.3 is 10.0 Å². The standard InChI is InChI=1S/C14H23N5O2/c1-3-11(2)14(21)18-8-5-4-7-12(18)13-15-17-19(16-13)9-6-10-20/h6,9,11-12,20H,3-5,7-8,10H2,1-2H3/b9-6+. The van der Waals surface area contributed by atoms with Crippen molar-refractivity contribution in [2.45, 2.75) is 45.6 Å². The van der Waals surface area contributed by atoms with Crippen molar-refractivity contribution in [3.8, 4) is 0 Å². The lowest BCUT2D eigenvalue weighted by atomic mass is 9.98. The highest BCUT2D eigenvalue weighted by molar-refractivity contribution is 5.78. The Morgan fingerprint density at radius 1 is 1.52 bits per heavy atom. The molecule has 2 heterocycles. The number of carbonyl (C=O) groups excluding carboxylic acids is 1. The molecule has 1 aliphatic heterocycles. The minimum atomic E-state index is -0.0865. The number of likely N-dealkylation sites (tertiary alicyclic amines) is 1. The largest absolute Gasteiger partial charge is 0.392 e. The highest BCUT2D eigenvalue weighted by Gasteiger charge is 2.32. The lowest BCUT2D eigenvalue weighted by Crippen LogP contribution is -2.41. The smallest absolute Gasteiger partial charge is 0.226 e. The van der Waals surface area contributed by atoms with E-state index in [4.69, 9.17) is 5.11 Å². The molecule has 2 atom stereocenters. The third-order valence-electron chi connectivity index (χ3n) is 3.91. The first-order chi connectivity index (χ1) is 10.2. The van der Waals surface area contributed by atoms with Crippen molar-refractivity contribution >= 4 is 12.1 Å². The fourth-order valence-electron chi connectivity index (χ4n) is 2.50. The predicted octanol–water partition coefficient (Wildman–Crippen LogP) is 1.24. The first-order valence-corrected chi connectivity index (χ1v) is 7.54. The van der Waals surface area contributed by atoms with Crippen molar-refractivity contribution in [2.24, 2.45) is 5.92 Å². The van der Waals surface area contributed by atoms with Gasteiger partial charge in [-0.25, -0.2) is 0 Å². The van der Waals surface area contributed by atoms with Crippen LogP contribution >= 0.6 is 0 Å². The minimum absolute atomic E-state index is 0.0231. The van der Waals surface area contributed by atoms with E-state index in [1.807, 2.05) is 18.7 Å². The van der Waals surface area contributed by atoms with Crippen molar-refractivity contribution in [2.75, 3.05) is 13.2 Å². The van der Waals surface area contributed by atoms with Gasteiger partial charge in [0.1, 0.15) is 0 Å². The van der Waals surface area contributed by atoms with Gasteiger partial charge in [0.2, 0.25) is 5.91 Å². The molecule has 0 radical (unpaired) electrons. The summed E-state index contributed by atoms with van der Waals surface area (Å²) in [4.78, 5) is 15.7. The number of nitrogens with zero attached hydrogens (tertiary/aromatic N) is 5. The van der Waals surface area contributed by atoms with Gasteiger partial charge in [0.25, 0.3) is 0 Å². The molecule has 0 bridgehead atoms. The Bertz CT molecular complexity index is 499. The molecule has 21 heavy (non-hydrogen) atoms. The topological polar surface area (TPSA) is 84.1 Å². The number of carbonyl (C=O) groups is 1. The van der Waals surface area contributed by atoms with Gasteiger partial charge in [0.05, 0.1) is 12.6 Å². The maximum atomic E-state index is 12.5. The van der Waals surface area contributed by atoms with Crippen LogP contribution in [0, 0.1) is 5.92 Å². The van der Waals surface area contributed by atoms with E-state index in [2.05, 4.69) is 15.4 Å². The first-order valence-electron chi connectivity index (χ1n) is 7.54. The van der Waals surface area contributed by atoms with Crippen LogP contribution < -0.4 is 0 Å². The van der Waals surface area contributed by atoms with Gasteiger partial charge in [-0.3, -0.25) is 4.79 Å². The van der Waals surface area contributed by atoms with Gasteiger partial charge in [-0.1, -0.05) is 13.8 Å². The fourth-order valence-corrected chi connectivity index (χ4v) is 2.50. The second-order valence-electron chi connectivity index (χ2n) is 5.39. The normalized spacial score (nSPS) is 20.9. The summed E-state index contributed by atoms with van der Waals surface area (Å²) in [6.07, 6.45) is 6.89. The predicted molar refractivity (Wildman–Crippen MR) is 78.0 cm³/mol. The molecule has 1 saturated heterocycles. The molecule has 0 aromatic carbocycles. The van der Waals surface area contributed by atoms with E-state index in [9.17, 15) is 4.79 Å². The fraction of sp³-hybridized carbons (Fsp3) is 0.714. The van der Waals surface area contributed by atoms with Crippen molar-refractivity contribution in [3.63, 3.8) is 0 Å². The number of hydrogen-bond acceptors (Lipinski definition) is 5. The number of piperidine rings is 1. The number of aliphatic hydroxyl groups excluding tert-OH is 1. The van der Waals surface area contributed by atoms with Crippen LogP contribution in [-0.2, 0) is 4.79 Å². The van der Waals surface area contributed by atoms with E-state index in [0.717, 1.165) is 32.2 Å². The molecule has 0 saturated carbocycles. The summed E-state index contributed by atoms with van der Waals surface area (Å²) in [7, 11) is 0. The van der Waals surface area contributed by atoms with Gasteiger partial charge in [-0.2, -0.15) is 0 Å². The number of amides is 1. The molecule has 2 rings (SSSR count). The van der Waals surface area contributed by atoms with Crippen molar-refractivity contribution < 1.29 is 9.90 Å². The van der Waals surface area contributed by atoms with Crippen LogP contribution in [0.5, 0.6) is 0 Å². The van der Waals surface area contributed by atoms with Gasteiger partial charge in [0.15, 0.2) is 5.82 Å². The molecule has 7 heteroatoms. The van der Waals surface area contributed by atoms with Crippen LogP contribution in [0.15, 0.2) is 6.08 Å². The van der Waals surface area contributed by atoms with Crippen molar-refractivity contribution in [1.29, 1.82) is 0 Å². The van der Waals surface area contributed by atoms with E-state index < -0.39 is 0 Å². The summed E-state index contributed by atoms with van der Waals surface area (Å²) in [5, 5.41) is 21.0. The summed E-state index contributed by atoms with van der Waals surface area (Å²) in [6.45, 7) is 4.67. The minimum Gasteiger partial charge on any atom is -0.392 e. The molecule has 0 spiro atoms. The quantitative estimate of drug-likeness (QED) is 0.883. The van der Waals surface area contributed by atoms with E-state index >= 15 is 0 Å². The Kier molecular flexibility index (Phi) is 5.44. The molecule has 0 aliphatic carbocycles. The van der Waals surface area contributed by atoms with Crippen LogP contribution in [0.1, 0.15) is 51.4 Å². The van der Waals surface area contributed by atoms with Crippen molar-refractivity contribution in [1.82, 2.24) is 25.1 Å². The Morgan fingerprint density at radius 2 is 2.33 bits per heavy atom. The first kappa shape index (κ1) is 15.6. The lowest BCUT2D eigenvalue weighted by Gasteiger charge is -2.35. The Balaban J connectivity index is 2.16. The molecule has 1 N–H and O–H groups in total. The number of tetrazole rings is 1. The average Bonchev–Trinajstić information content (AvgIpc) is 3.00. The summed E-state index contributed by atoms with van der Waals surface area (Å²) >= 11 is 0. The zero-order chi connectivity index (χ0) is 15.2. The van der Waals surface area contributed by atoms with Crippen molar-refractivity contribution in [3.05, 3.63) is 11.9 Å². The third kappa shape index (κ3) is 3.66. The van der Waals surface area contributed by atoms with E-state index in [1.54, 1.807) is 6.20 Å². The molecular formula is C14H23N5O2. The van der Waals surface area contributed by atoms with Crippen LogP contribution in [-0.4, -0.2) is 49.3 Å². The maximum Gasteiger partial charge on any atom is 0.226 e. The molecule has 7 nitrogen and oxygen atoms in total. The van der Waals surface area contributed by atoms with Crippen LogP contribution in [0.25, 0.3) is 6.20 Å². The Morgan fingerprint density at radius 3 is 3.05 bits per heavy atom. The maximum absolute atomic E-state index is 12.5. The highest BCUT2D eigenvalue weighted by Crippen LogP contribution is 2.30. The van der Waals surface area contributed by atoms with Crippen LogP contribution in [0.3, 0.4) is 0 Å². The SMILES string of the molecule is CCC(C)C(=O)N1CCCCC1c1nnn(/C=C/CO)n1.